The van der Waals surface area contributed by atoms with Crippen LogP contribution in [-0.4, -0.2) is 31.3 Å². The maximum atomic E-state index is 11.5. The van der Waals surface area contributed by atoms with Crippen LogP contribution < -0.4 is 5.32 Å². The van der Waals surface area contributed by atoms with Gasteiger partial charge in [0.15, 0.2) is 0 Å². The summed E-state index contributed by atoms with van der Waals surface area (Å²) < 4.78 is 9.95. The number of hydrogen-bond acceptors (Lipinski definition) is 4. The van der Waals surface area contributed by atoms with E-state index >= 15 is 0 Å². The first kappa shape index (κ1) is 21.0. The van der Waals surface area contributed by atoms with Crippen molar-refractivity contribution in [2.45, 2.75) is 64.9 Å². The summed E-state index contributed by atoms with van der Waals surface area (Å²) in [5.41, 5.74) is 1.76. The fraction of sp³-hybridized carbons (Fsp3) is 0.600. The zero-order valence-electron chi connectivity index (χ0n) is 16.1. The smallest absolute Gasteiger partial charge is 0.407 e. The topological polar surface area (TPSA) is 64.6 Å². The van der Waals surface area contributed by atoms with Gasteiger partial charge in [-0.25, -0.2) is 4.79 Å². The number of esters is 1. The van der Waals surface area contributed by atoms with E-state index in [1.165, 1.54) is 12.7 Å². The van der Waals surface area contributed by atoms with E-state index in [1.54, 1.807) is 0 Å². The summed E-state index contributed by atoms with van der Waals surface area (Å²) in [6.07, 6.45) is 3.65. The Bertz CT molecular complexity index is 546. The summed E-state index contributed by atoms with van der Waals surface area (Å²) in [6, 6.07) is 8.10. The molecule has 1 unspecified atom stereocenters. The summed E-state index contributed by atoms with van der Waals surface area (Å²) in [5, 5.41) is 2.77. The molecular formula is C20H31NO4. The number of unbranched alkanes of at least 4 members (excludes halogenated alkanes) is 2. The Labute approximate surface area is 151 Å². The molecule has 0 radical (unpaired) electrons. The molecule has 0 fully saturated rings. The van der Waals surface area contributed by atoms with Crippen LogP contribution in [0, 0.1) is 0 Å². The molecule has 0 aliphatic carbocycles. The Hall–Kier alpha value is -2.04. The van der Waals surface area contributed by atoms with E-state index in [9.17, 15) is 9.59 Å². The van der Waals surface area contributed by atoms with Crippen molar-refractivity contribution in [3.8, 4) is 0 Å². The van der Waals surface area contributed by atoms with Crippen LogP contribution in [-0.2, 0) is 20.7 Å². The first-order valence-corrected chi connectivity index (χ1v) is 8.86. The van der Waals surface area contributed by atoms with E-state index in [0.29, 0.717) is 6.54 Å². The number of rotatable bonds is 8. The highest BCUT2D eigenvalue weighted by Gasteiger charge is 2.16. The minimum absolute atomic E-state index is 0.217. The molecule has 0 aromatic heterocycles. The van der Waals surface area contributed by atoms with Crippen molar-refractivity contribution in [1.82, 2.24) is 5.32 Å². The molecule has 0 aliphatic heterocycles. The van der Waals surface area contributed by atoms with Crippen LogP contribution in [0.5, 0.6) is 0 Å². The minimum atomic E-state index is -0.457. The second-order valence-corrected chi connectivity index (χ2v) is 7.23. The molecule has 1 aromatic carbocycles. The molecule has 1 amide bonds. The standard InChI is InChI=1S/C20H31NO4/c1-15(18(22)24-5)17-12-10-16(11-13-17)9-7-6-8-14-21-19(23)25-20(2,3)4/h10-13,15H,6-9,14H2,1-5H3,(H,21,23). The molecule has 0 saturated heterocycles. The number of benzene rings is 1. The third-order valence-corrected chi connectivity index (χ3v) is 3.84. The molecule has 25 heavy (non-hydrogen) atoms. The van der Waals surface area contributed by atoms with Crippen molar-refractivity contribution in [3.05, 3.63) is 35.4 Å². The molecule has 1 aromatic rings. The first-order chi connectivity index (χ1) is 11.7. The largest absolute Gasteiger partial charge is 0.469 e. The van der Waals surface area contributed by atoms with Crippen molar-refractivity contribution in [2.24, 2.45) is 0 Å². The van der Waals surface area contributed by atoms with Crippen molar-refractivity contribution in [1.29, 1.82) is 0 Å². The second-order valence-electron chi connectivity index (χ2n) is 7.23. The average molecular weight is 349 g/mol. The predicted molar refractivity (Wildman–Crippen MR) is 98.7 cm³/mol. The fourth-order valence-electron chi connectivity index (χ4n) is 2.42. The summed E-state index contributed by atoms with van der Waals surface area (Å²) in [6.45, 7) is 8.03. The zero-order valence-corrected chi connectivity index (χ0v) is 16.1. The van der Waals surface area contributed by atoms with Gasteiger partial charge in [-0.1, -0.05) is 30.7 Å². The van der Waals surface area contributed by atoms with Gasteiger partial charge in [0.1, 0.15) is 5.60 Å². The molecule has 5 heteroatoms. The minimum Gasteiger partial charge on any atom is -0.469 e. The van der Waals surface area contributed by atoms with Gasteiger partial charge in [0, 0.05) is 6.54 Å². The van der Waals surface area contributed by atoms with Gasteiger partial charge in [-0.15, -0.1) is 0 Å². The van der Waals surface area contributed by atoms with Crippen LogP contribution >= 0.6 is 0 Å². The molecule has 1 N–H and O–H groups in total. The molecule has 0 saturated carbocycles. The number of amides is 1. The van der Waals surface area contributed by atoms with E-state index < -0.39 is 5.60 Å². The van der Waals surface area contributed by atoms with Gasteiger partial charge >= 0.3 is 12.1 Å². The molecule has 0 spiro atoms. The van der Waals surface area contributed by atoms with Crippen LogP contribution in [0.3, 0.4) is 0 Å². The van der Waals surface area contributed by atoms with Gasteiger partial charge in [0.05, 0.1) is 13.0 Å². The Morgan fingerprint density at radius 3 is 2.28 bits per heavy atom. The normalized spacial score (nSPS) is 12.4. The highest BCUT2D eigenvalue weighted by atomic mass is 16.6. The monoisotopic (exact) mass is 349 g/mol. The van der Waals surface area contributed by atoms with E-state index in [2.05, 4.69) is 17.4 Å². The summed E-state index contributed by atoms with van der Waals surface area (Å²) in [4.78, 5) is 23.0. The van der Waals surface area contributed by atoms with Gasteiger partial charge in [-0.05, 0) is 58.1 Å². The lowest BCUT2D eigenvalue weighted by molar-refractivity contribution is -0.142. The quantitative estimate of drug-likeness (QED) is 0.564. The molecule has 140 valence electrons. The van der Waals surface area contributed by atoms with E-state index in [1.807, 2.05) is 39.8 Å². The number of hydrogen-bond donors (Lipinski definition) is 1. The summed E-state index contributed by atoms with van der Waals surface area (Å²) >= 11 is 0. The van der Waals surface area contributed by atoms with E-state index in [0.717, 1.165) is 31.2 Å². The van der Waals surface area contributed by atoms with Crippen molar-refractivity contribution >= 4 is 12.1 Å². The van der Waals surface area contributed by atoms with Crippen molar-refractivity contribution in [2.75, 3.05) is 13.7 Å². The maximum Gasteiger partial charge on any atom is 0.407 e. The summed E-state index contributed by atoms with van der Waals surface area (Å²) in [7, 11) is 1.41. The predicted octanol–water partition coefficient (Wildman–Crippen LogP) is 4.20. The molecule has 0 aliphatic rings. The maximum absolute atomic E-state index is 11.5. The lowest BCUT2D eigenvalue weighted by Crippen LogP contribution is -2.32. The fourth-order valence-corrected chi connectivity index (χ4v) is 2.42. The number of nitrogens with one attached hydrogen (secondary N) is 1. The molecule has 1 rings (SSSR count). The van der Waals surface area contributed by atoms with Gasteiger partial charge < -0.3 is 14.8 Å². The third-order valence-electron chi connectivity index (χ3n) is 3.84. The van der Waals surface area contributed by atoms with Gasteiger partial charge in [-0.2, -0.15) is 0 Å². The number of alkyl carbamates (subject to hydrolysis) is 1. The van der Waals surface area contributed by atoms with Crippen LogP contribution in [0.15, 0.2) is 24.3 Å². The van der Waals surface area contributed by atoms with Crippen molar-refractivity contribution in [3.63, 3.8) is 0 Å². The Balaban J connectivity index is 2.22. The number of carbonyl (C=O) groups is 2. The van der Waals surface area contributed by atoms with E-state index in [-0.39, 0.29) is 18.0 Å². The van der Waals surface area contributed by atoms with Crippen molar-refractivity contribution < 1.29 is 19.1 Å². The highest BCUT2D eigenvalue weighted by molar-refractivity contribution is 5.77. The Kier molecular flexibility index (Phi) is 8.46. The van der Waals surface area contributed by atoms with Crippen LogP contribution in [0.1, 0.15) is 64.0 Å². The molecule has 1 atom stereocenters. The second kappa shape index (κ2) is 10.1. The van der Waals surface area contributed by atoms with Gasteiger partial charge in [0.2, 0.25) is 0 Å². The number of ether oxygens (including phenoxy) is 2. The molecule has 0 heterocycles. The molecule has 0 bridgehead atoms. The Morgan fingerprint density at radius 2 is 1.72 bits per heavy atom. The lowest BCUT2D eigenvalue weighted by atomic mass is 9.98. The zero-order chi connectivity index (χ0) is 18.9. The SMILES string of the molecule is COC(=O)C(C)c1ccc(CCCCCNC(=O)OC(C)(C)C)cc1. The van der Waals surface area contributed by atoms with E-state index in [4.69, 9.17) is 9.47 Å². The third kappa shape index (κ3) is 8.57. The van der Waals surface area contributed by atoms with Crippen LogP contribution in [0.25, 0.3) is 0 Å². The number of carbonyl (C=O) groups excluding carboxylic acids is 2. The molecule has 5 nitrogen and oxygen atoms in total. The lowest BCUT2D eigenvalue weighted by Gasteiger charge is -2.19. The van der Waals surface area contributed by atoms with Crippen LogP contribution in [0.2, 0.25) is 0 Å². The average Bonchev–Trinajstić information content (AvgIpc) is 2.55. The Morgan fingerprint density at radius 1 is 1.08 bits per heavy atom. The number of methoxy groups -OCH3 is 1. The highest BCUT2D eigenvalue weighted by Crippen LogP contribution is 2.18. The van der Waals surface area contributed by atoms with Crippen LogP contribution in [0.4, 0.5) is 4.79 Å². The van der Waals surface area contributed by atoms with Gasteiger partial charge in [0.25, 0.3) is 0 Å². The van der Waals surface area contributed by atoms with Gasteiger partial charge in [-0.3, -0.25) is 4.79 Å². The summed E-state index contributed by atoms with van der Waals surface area (Å²) in [5.74, 6) is -0.455. The first-order valence-electron chi connectivity index (χ1n) is 8.86. The number of aryl methyl sites for hydroxylation is 1. The molecular weight excluding hydrogens is 318 g/mol.